The van der Waals surface area contributed by atoms with Crippen LogP contribution in [0.5, 0.6) is 0 Å². The second-order valence-electron chi connectivity index (χ2n) is 8.06. The fraction of sp³-hybridized carbons (Fsp3) is 0.520. The number of nitrogens with one attached hydrogen (secondary N) is 1. The average Bonchev–Trinajstić information content (AvgIpc) is 2.82. The molecule has 1 aliphatic rings. The molecule has 1 N–H and O–H groups in total. The number of aliphatic imine (C=N–C) groups is 1. The number of hydrogen-bond acceptors (Lipinski definition) is 4. The van der Waals surface area contributed by atoms with Crippen molar-refractivity contribution in [2.45, 2.75) is 45.4 Å². The van der Waals surface area contributed by atoms with E-state index < -0.39 is 0 Å². The third-order valence-electron chi connectivity index (χ3n) is 5.61. The van der Waals surface area contributed by atoms with Gasteiger partial charge in [0.25, 0.3) is 5.56 Å². The van der Waals surface area contributed by atoms with E-state index in [1.807, 2.05) is 12.3 Å². The smallest absolute Gasteiger partial charge is 0.250 e. The van der Waals surface area contributed by atoms with E-state index in [0.29, 0.717) is 19.2 Å². The van der Waals surface area contributed by atoms with E-state index in [2.05, 4.69) is 41.4 Å². The molecule has 1 aromatic carbocycles. The Morgan fingerprint density at radius 3 is 2.53 bits per heavy atom. The van der Waals surface area contributed by atoms with Gasteiger partial charge in [0.05, 0.1) is 19.2 Å². The Hall–Kier alpha value is -2.64. The van der Waals surface area contributed by atoms with Crippen LogP contribution in [0.1, 0.15) is 37.3 Å². The van der Waals surface area contributed by atoms with Crippen LogP contribution < -0.4 is 10.9 Å². The zero-order valence-corrected chi connectivity index (χ0v) is 19.3. The van der Waals surface area contributed by atoms with Crippen molar-refractivity contribution in [3.05, 3.63) is 70.1 Å². The van der Waals surface area contributed by atoms with Crippen molar-refractivity contribution in [1.82, 2.24) is 14.8 Å². The van der Waals surface area contributed by atoms with Gasteiger partial charge in [-0.2, -0.15) is 0 Å². The molecule has 7 heteroatoms. The molecule has 1 fully saturated rings. The lowest BCUT2D eigenvalue weighted by atomic mass is 10.1. The van der Waals surface area contributed by atoms with E-state index >= 15 is 0 Å². The molecule has 0 aliphatic carbocycles. The molecule has 0 amide bonds. The lowest BCUT2D eigenvalue weighted by Crippen LogP contribution is -2.47. The third kappa shape index (κ3) is 7.50. The van der Waals surface area contributed by atoms with Crippen molar-refractivity contribution in [3.63, 3.8) is 0 Å². The van der Waals surface area contributed by atoms with Gasteiger partial charge < -0.3 is 24.3 Å². The number of pyridine rings is 1. The Morgan fingerprint density at radius 1 is 1.09 bits per heavy atom. The summed E-state index contributed by atoms with van der Waals surface area (Å²) in [5.41, 5.74) is 2.27. The van der Waals surface area contributed by atoms with Gasteiger partial charge in [-0.1, -0.05) is 30.3 Å². The summed E-state index contributed by atoms with van der Waals surface area (Å²) < 4.78 is 12.8. The minimum absolute atomic E-state index is 0.0144. The van der Waals surface area contributed by atoms with Crippen molar-refractivity contribution in [1.29, 1.82) is 0 Å². The average molecular weight is 441 g/mol. The van der Waals surface area contributed by atoms with E-state index in [1.165, 1.54) is 0 Å². The van der Waals surface area contributed by atoms with Crippen LogP contribution in [0, 0.1) is 0 Å². The van der Waals surface area contributed by atoms with Crippen LogP contribution in [-0.2, 0) is 22.6 Å². The van der Waals surface area contributed by atoms with E-state index in [1.54, 1.807) is 23.8 Å². The standard InChI is InChI=1S/C25H36N4O3/c1-3-26-25(28-15-12-23(13-16-28)32-18-6-17-31-2)27-19-21-8-10-22(11-9-21)20-29-14-5-4-7-24(29)30/h4-5,7-11,14,23H,3,6,12-13,15-20H2,1-2H3,(H,26,27). The fourth-order valence-corrected chi connectivity index (χ4v) is 3.82. The molecule has 174 valence electrons. The van der Waals surface area contributed by atoms with Crippen molar-refractivity contribution in [2.75, 3.05) is 40.0 Å². The zero-order chi connectivity index (χ0) is 22.6. The molecule has 0 saturated carbocycles. The molecule has 2 aromatic rings. The minimum atomic E-state index is 0.0144. The van der Waals surface area contributed by atoms with Crippen LogP contribution in [-0.4, -0.2) is 61.5 Å². The summed E-state index contributed by atoms with van der Waals surface area (Å²) in [5, 5.41) is 3.43. The predicted molar refractivity (Wildman–Crippen MR) is 128 cm³/mol. The Kier molecular flexibility index (Phi) is 9.78. The highest BCUT2D eigenvalue weighted by atomic mass is 16.5. The van der Waals surface area contributed by atoms with Crippen LogP contribution in [0.4, 0.5) is 0 Å². The van der Waals surface area contributed by atoms with Crippen LogP contribution in [0.3, 0.4) is 0 Å². The molecule has 2 heterocycles. The number of rotatable bonds is 10. The van der Waals surface area contributed by atoms with Gasteiger partial charge in [0.2, 0.25) is 0 Å². The molecule has 0 spiro atoms. The largest absolute Gasteiger partial charge is 0.385 e. The summed E-state index contributed by atoms with van der Waals surface area (Å²) in [4.78, 5) is 19.1. The van der Waals surface area contributed by atoms with E-state index in [9.17, 15) is 4.79 Å². The molecule has 0 atom stereocenters. The number of likely N-dealkylation sites (tertiary alicyclic amines) is 1. The Bertz CT molecular complexity index is 887. The second-order valence-corrected chi connectivity index (χ2v) is 8.06. The summed E-state index contributed by atoms with van der Waals surface area (Å²) in [6, 6.07) is 13.6. The van der Waals surface area contributed by atoms with Gasteiger partial charge in [-0.15, -0.1) is 0 Å². The summed E-state index contributed by atoms with van der Waals surface area (Å²) in [6.45, 7) is 7.56. The maximum atomic E-state index is 11.9. The number of aromatic nitrogens is 1. The first-order valence-electron chi connectivity index (χ1n) is 11.6. The maximum absolute atomic E-state index is 11.9. The van der Waals surface area contributed by atoms with Crippen LogP contribution in [0.2, 0.25) is 0 Å². The summed E-state index contributed by atoms with van der Waals surface area (Å²) in [5.74, 6) is 0.963. The SMILES string of the molecule is CCNC(=NCc1ccc(Cn2ccccc2=O)cc1)N1CCC(OCCCOC)CC1. The van der Waals surface area contributed by atoms with Crippen LogP contribution in [0.25, 0.3) is 0 Å². The fourth-order valence-electron chi connectivity index (χ4n) is 3.82. The van der Waals surface area contributed by atoms with Gasteiger partial charge in [-0.3, -0.25) is 4.79 Å². The van der Waals surface area contributed by atoms with Gasteiger partial charge >= 0.3 is 0 Å². The van der Waals surface area contributed by atoms with Gasteiger partial charge in [0.1, 0.15) is 0 Å². The van der Waals surface area contributed by atoms with E-state index in [-0.39, 0.29) is 5.56 Å². The molecular formula is C25H36N4O3. The molecule has 0 unspecified atom stereocenters. The van der Waals surface area contributed by atoms with Crippen molar-refractivity contribution in [3.8, 4) is 0 Å². The maximum Gasteiger partial charge on any atom is 0.250 e. The number of piperidine rings is 1. The zero-order valence-electron chi connectivity index (χ0n) is 19.3. The molecule has 1 aromatic heterocycles. The molecule has 32 heavy (non-hydrogen) atoms. The van der Waals surface area contributed by atoms with Gasteiger partial charge in [0, 0.05) is 52.2 Å². The minimum Gasteiger partial charge on any atom is -0.385 e. The highest BCUT2D eigenvalue weighted by Gasteiger charge is 2.21. The predicted octanol–water partition coefficient (Wildman–Crippen LogP) is 2.88. The molecule has 0 bridgehead atoms. The number of hydrogen-bond donors (Lipinski definition) is 1. The van der Waals surface area contributed by atoms with Crippen LogP contribution in [0.15, 0.2) is 58.4 Å². The number of guanidine groups is 1. The van der Waals surface area contributed by atoms with Crippen molar-refractivity contribution < 1.29 is 9.47 Å². The topological polar surface area (TPSA) is 68.1 Å². The first-order chi connectivity index (χ1) is 15.7. The van der Waals surface area contributed by atoms with Crippen molar-refractivity contribution in [2.24, 2.45) is 4.99 Å². The van der Waals surface area contributed by atoms with E-state index in [4.69, 9.17) is 14.5 Å². The quantitative estimate of drug-likeness (QED) is 0.350. The third-order valence-corrected chi connectivity index (χ3v) is 5.61. The van der Waals surface area contributed by atoms with E-state index in [0.717, 1.165) is 69.2 Å². The summed E-state index contributed by atoms with van der Waals surface area (Å²) in [6.07, 6.45) is 5.13. The monoisotopic (exact) mass is 440 g/mol. The molecule has 3 rings (SSSR count). The second kappa shape index (κ2) is 13.0. The first kappa shape index (κ1) is 24.0. The summed E-state index contributed by atoms with van der Waals surface area (Å²) >= 11 is 0. The Balaban J connectivity index is 1.51. The Labute approximate surface area is 191 Å². The Morgan fingerprint density at radius 2 is 1.84 bits per heavy atom. The van der Waals surface area contributed by atoms with Gasteiger partial charge in [-0.25, -0.2) is 4.99 Å². The first-order valence-corrected chi connectivity index (χ1v) is 11.6. The molecule has 0 radical (unpaired) electrons. The van der Waals surface area contributed by atoms with Gasteiger partial charge in [0.15, 0.2) is 5.96 Å². The highest BCUT2D eigenvalue weighted by Crippen LogP contribution is 2.15. The van der Waals surface area contributed by atoms with Gasteiger partial charge in [-0.05, 0) is 43.4 Å². The number of nitrogens with zero attached hydrogens (tertiary/aromatic N) is 3. The van der Waals surface area contributed by atoms with Crippen molar-refractivity contribution >= 4 is 5.96 Å². The number of ether oxygens (including phenoxy) is 2. The lowest BCUT2D eigenvalue weighted by molar-refractivity contribution is 0.00990. The summed E-state index contributed by atoms with van der Waals surface area (Å²) in [7, 11) is 1.72. The lowest BCUT2D eigenvalue weighted by Gasteiger charge is -2.34. The molecular weight excluding hydrogens is 404 g/mol. The number of methoxy groups -OCH3 is 1. The molecule has 7 nitrogen and oxygen atoms in total. The highest BCUT2D eigenvalue weighted by molar-refractivity contribution is 5.80. The van der Waals surface area contributed by atoms with Crippen LogP contribution >= 0.6 is 0 Å². The normalized spacial score (nSPS) is 15.2. The molecule has 1 saturated heterocycles. The number of benzene rings is 1. The molecule has 1 aliphatic heterocycles.